The van der Waals surface area contributed by atoms with Gasteiger partial charge in [0.1, 0.15) is 24.3 Å². The largest absolute Gasteiger partial charge is 0.486 e. The molecule has 1 aliphatic heterocycles. The van der Waals surface area contributed by atoms with E-state index in [2.05, 4.69) is 5.10 Å². The van der Waals surface area contributed by atoms with Crippen LogP contribution in [0.2, 0.25) is 5.02 Å². The predicted octanol–water partition coefficient (Wildman–Crippen LogP) is 4.45. The lowest BCUT2D eigenvalue weighted by atomic mass is 10.0. The van der Waals surface area contributed by atoms with Crippen LogP contribution in [0.3, 0.4) is 0 Å². The summed E-state index contributed by atoms with van der Waals surface area (Å²) in [6.45, 7) is 3.20. The normalized spacial score (nSPS) is 15.5. The molecular weight excluding hydrogens is 565 g/mol. The second-order valence-electron chi connectivity index (χ2n) is 9.09. The second-order valence-corrected chi connectivity index (χ2v) is 11.3. The van der Waals surface area contributed by atoms with E-state index in [1.165, 1.54) is 23.0 Å². The number of rotatable bonds is 11. The third kappa shape index (κ3) is 6.24. The van der Waals surface area contributed by atoms with Gasteiger partial charge in [0, 0.05) is 24.7 Å². The minimum Gasteiger partial charge on any atom is -0.486 e. The lowest BCUT2D eigenvalue weighted by molar-refractivity contribution is -0.137. The van der Waals surface area contributed by atoms with Gasteiger partial charge in [-0.25, -0.2) is 12.8 Å². The maximum atomic E-state index is 14.5. The van der Waals surface area contributed by atoms with Gasteiger partial charge in [-0.05, 0) is 55.7 Å². The highest BCUT2D eigenvalue weighted by Gasteiger charge is 2.38. The number of halogens is 2. The minimum absolute atomic E-state index is 0.0788. The van der Waals surface area contributed by atoms with Crippen LogP contribution in [-0.2, 0) is 21.4 Å². The molecule has 4 rings (SSSR count). The van der Waals surface area contributed by atoms with Crippen LogP contribution in [0.15, 0.2) is 47.5 Å². The summed E-state index contributed by atoms with van der Waals surface area (Å²) >= 11 is 6.22. The molecule has 1 aromatic heterocycles. The highest BCUT2D eigenvalue weighted by Crippen LogP contribution is 2.41. The van der Waals surface area contributed by atoms with E-state index in [0.717, 1.165) is 4.31 Å². The molecule has 3 aromatic rings. The summed E-state index contributed by atoms with van der Waals surface area (Å²) in [5, 5.41) is 22.8. The van der Waals surface area contributed by atoms with Crippen LogP contribution < -0.4 is 13.8 Å². The van der Waals surface area contributed by atoms with Crippen molar-refractivity contribution < 1.29 is 37.3 Å². The Morgan fingerprint density at radius 1 is 1.32 bits per heavy atom. The Bertz CT molecular complexity index is 1520. The summed E-state index contributed by atoms with van der Waals surface area (Å²) in [6.07, 6.45) is 2.15. The Labute approximate surface area is 236 Å². The van der Waals surface area contributed by atoms with Crippen LogP contribution in [0.1, 0.15) is 37.8 Å². The maximum Gasteiger partial charge on any atom is 0.303 e. The van der Waals surface area contributed by atoms with Gasteiger partial charge in [-0.15, -0.1) is 5.10 Å². The summed E-state index contributed by atoms with van der Waals surface area (Å²) < 4.78 is 56.6. The summed E-state index contributed by atoms with van der Waals surface area (Å²) in [6, 6.07) is 9.26. The van der Waals surface area contributed by atoms with Crippen molar-refractivity contribution in [1.29, 1.82) is 0 Å². The first kappa shape index (κ1) is 29.4. The molecule has 2 aromatic carbocycles. The van der Waals surface area contributed by atoms with Gasteiger partial charge in [-0.3, -0.25) is 13.8 Å². The topological polar surface area (TPSA) is 131 Å². The van der Waals surface area contributed by atoms with Gasteiger partial charge in [-0.2, -0.15) is 0 Å². The van der Waals surface area contributed by atoms with E-state index in [0.29, 0.717) is 17.7 Å². The van der Waals surface area contributed by atoms with Gasteiger partial charge in [0.15, 0.2) is 4.90 Å². The van der Waals surface area contributed by atoms with Crippen LogP contribution >= 0.6 is 11.6 Å². The molecule has 2 heterocycles. The summed E-state index contributed by atoms with van der Waals surface area (Å²) in [7, 11) is -4.29. The second kappa shape index (κ2) is 12.3. The fraction of sp³-hybridized carbons (Fsp3) is 0.333. The first-order valence-corrected chi connectivity index (χ1v) is 14.4. The fourth-order valence-corrected chi connectivity index (χ4v) is 6.25. The molecule has 0 fully saturated rings. The summed E-state index contributed by atoms with van der Waals surface area (Å²) in [5.74, 6) is -1.44. The number of fused-ring (bicyclic) bond motifs is 1. The Hall–Kier alpha value is -3.61. The molecule has 1 aliphatic rings. The van der Waals surface area contributed by atoms with Gasteiger partial charge in [0.2, 0.25) is 0 Å². The van der Waals surface area contributed by atoms with Crippen molar-refractivity contribution in [2.45, 2.75) is 44.2 Å². The van der Waals surface area contributed by atoms with Crippen molar-refractivity contribution >= 4 is 44.9 Å². The van der Waals surface area contributed by atoms with Gasteiger partial charge < -0.3 is 19.7 Å². The van der Waals surface area contributed by atoms with Crippen LogP contribution in [0, 0.1) is 5.82 Å². The van der Waals surface area contributed by atoms with E-state index in [1.807, 2.05) is 0 Å². The van der Waals surface area contributed by atoms with Gasteiger partial charge in [-0.1, -0.05) is 29.8 Å². The lowest BCUT2D eigenvalue weighted by Crippen LogP contribution is -2.43. The van der Waals surface area contributed by atoms with E-state index < -0.39 is 27.9 Å². The molecule has 2 N–H and O–H groups in total. The van der Waals surface area contributed by atoms with Crippen LogP contribution in [0.4, 0.5) is 10.1 Å². The number of ether oxygens (including phenoxy) is 2. The van der Waals surface area contributed by atoms with Gasteiger partial charge in [0.25, 0.3) is 15.9 Å². The first-order valence-electron chi connectivity index (χ1n) is 12.5. The first-order chi connectivity index (χ1) is 19.0. The highest BCUT2D eigenvalue weighted by molar-refractivity contribution is 7.93. The standard InChI is InChI=1S/C27H29ClFN3O7S/c1-3-31-16-24(27(30-31)38-12-11-33)40(36,37)32-15-19(8-10-25(34)35)39-23-9-7-18(14-22(23)32)13-17(2)26-20(28)5-4-6-21(26)29/h4-7,9,13-14,16,19,33H,3,8,10-12,15H2,1-2H3,(H,34,35). The molecule has 0 radical (unpaired) electrons. The van der Waals surface area contributed by atoms with E-state index >= 15 is 0 Å². The molecule has 1 atom stereocenters. The lowest BCUT2D eigenvalue weighted by Gasteiger charge is -2.35. The number of carboxylic acids is 1. The number of aromatic nitrogens is 2. The number of hydrogen-bond donors (Lipinski definition) is 2. The molecule has 0 spiro atoms. The quantitative estimate of drug-likeness (QED) is 0.312. The van der Waals surface area contributed by atoms with Gasteiger partial charge >= 0.3 is 5.97 Å². The molecule has 0 saturated carbocycles. The monoisotopic (exact) mass is 593 g/mol. The maximum absolute atomic E-state index is 14.5. The molecule has 1 unspecified atom stereocenters. The SMILES string of the molecule is CCn1cc(S(=O)(=O)N2CC(CCC(=O)O)Oc3ccc(C=C(C)c4c(F)cccc4Cl)cc32)c(OCCO)n1. The summed E-state index contributed by atoms with van der Waals surface area (Å²) in [5.41, 5.74) is 1.53. The summed E-state index contributed by atoms with van der Waals surface area (Å²) in [4.78, 5) is 11.0. The van der Waals surface area contributed by atoms with Crippen molar-refractivity contribution in [1.82, 2.24) is 9.78 Å². The van der Waals surface area contributed by atoms with Crippen LogP contribution in [0.25, 0.3) is 11.6 Å². The van der Waals surface area contributed by atoms with Crippen LogP contribution in [-0.4, -0.2) is 60.2 Å². The molecule has 0 saturated heterocycles. The third-order valence-electron chi connectivity index (χ3n) is 6.25. The number of carbonyl (C=O) groups is 1. The number of anilines is 1. The molecule has 10 nitrogen and oxygen atoms in total. The Morgan fingerprint density at radius 3 is 2.77 bits per heavy atom. The van der Waals surface area contributed by atoms with Crippen molar-refractivity contribution in [2.75, 3.05) is 24.1 Å². The Balaban J connectivity index is 1.80. The molecular formula is C27H29ClFN3O7S. The van der Waals surface area contributed by atoms with Crippen molar-refractivity contribution in [3.63, 3.8) is 0 Å². The van der Waals surface area contributed by atoms with E-state index in [1.54, 1.807) is 44.2 Å². The average Bonchev–Trinajstić information content (AvgIpc) is 3.34. The average molecular weight is 594 g/mol. The molecule has 40 heavy (non-hydrogen) atoms. The number of hydrogen-bond acceptors (Lipinski definition) is 7. The number of aliphatic carboxylic acids is 1. The minimum atomic E-state index is -4.29. The predicted molar refractivity (Wildman–Crippen MR) is 148 cm³/mol. The molecule has 0 aliphatic carbocycles. The van der Waals surface area contributed by atoms with Gasteiger partial charge in [0.05, 0.1) is 23.9 Å². The number of aryl methyl sites for hydroxylation is 1. The molecule has 214 valence electrons. The Kier molecular flexibility index (Phi) is 9.02. The smallest absolute Gasteiger partial charge is 0.303 e. The number of carboxylic acid groups (broad SMARTS) is 1. The number of aliphatic hydroxyl groups excluding tert-OH is 1. The van der Waals surface area contributed by atoms with E-state index in [-0.39, 0.29) is 65.4 Å². The van der Waals surface area contributed by atoms with Crippen molar-refractivity contribution in [3.05, 3.63) is 64.6 Å². The van der Waals surface area contributed by atoms with Crippen LogP contribution in [0.5, 0.6) is 11.6 Å². The van der Waals surface area contributed by atoms with E-state index in [9.17, 15) is 22.7 Å². The van der Waals surface area contributed by atoms with Crippen molar-refractivity contribution in [2.24, 2.45) is 0 Å². The highest BCUT2D eigenvalue weighted by atomic mass is 35.5. The fourth-order valence-electron chi connectivity index (χ4n) is 4.36. The molecule has 0 amide bonds. The molecule has 13 heteroatoms. The zero-order valence-electron chi connectivity index (χ0n) is 21.9. The number of sulfonamides is 1. The third-order valence-corrected chi connectivity index (χ3v) is 8.33. The number of benzene rings is 2. The Morgan fingerprint density at radius 2 is 2.10 bits per heavy atom. The zero-order valence-corrected chi connectivity index (χ0v) is 23.5. The number of allylic oxidation sites excluding steroid dienone is 1. The molecule has 0 bridgehead atoms. The van der Waals surface area contributed by atoms with Crippen molar-refractivity contribution in [3.8, 4) is 11.6 Å². The number of nitrogens with zero attached hydrogens (tertiary/aromatic N) is 3. The van der Waals surface area contributed by atoms with E-state index in [4.69, 9.17) is 26.2 Å². The zero-order chi connectivity index (χ0) is 29.0. The number of aliphatic hydroxyl groups is 1.